The predicted octanol–water partition coefficient (Wildman–Crippen LogP) is 2.63. The van der Waals surface area contributed by atoms with Crippen molar-refractivity contribution in [2.24, 2.45) is 16.5 Å². The van der Waals surface area contributed by atoms with Gasteiger partial charge in [-0.2, -0.15) is 5.26 Å². The number of nitrogens with one attached hydrogen (secondary N) is 1. The van der Waals surface area contributed by atoms with Crippen molar-refractivity contribution >= 4 is 34.3 Å². The fourth-order valence-corrected chi connectivity index (χ4v) is 2.38. The van der Waals surface area contributed by atoms with E-state index in [1.54, 1.807) is 38.1 Å². The third-order valence-electron chi connectivity index (χ3n) is 3.71. The molecule has 0 atom stereocenters. The molecule has 1 aromatic heterocycles. The summed E-state index contributed by atoms with van der Waals surface area (Å²) in [6, 6.07) is 7.26. The number of ketones is 1. The number of carbonyl (C=O) groups excluding carboxylic acids is 1. The zero-order chi connectivity index (χ0) is 19.3. The number of fused-ring (bicyclic) bond motifs is 1. The average Bonchev–Trinajstić information content (AvgIpc) is 3.02. The van der Waals surface area contributed by atoms with E-state index in [1.807, 2.05) is 0 Å². The normalized spacial score (nSPS) is 13.5. The number of hydrogen-bond acceptors (Lipinski definition) is 5. The van der Waals surface area contributed by atoms with Crippen molar-refractivity contribution in [3.63, 3.8) is 0 Å². The number of aliphatic imine (C=N–C) groups is 1. The van der Waals surface area contributed by atoms with Gasteiger partial charge in [0, 0.05) is 12.8 Å². The Hall–Kier alpha value is -3.11. The Morgan fingerprint density at radius 3 is 2.81 bits per heavy atom. The Morgan fingerprint density at radius 1 is 1.46 bits per heavy atom. The fourth-order valence-electron chi connectivity index (χ4n) is 2.34. The molecule has 8 heteroatoms. The lowest BCUT2D eigenvalue weighted by Crippen LogP contribution is -2.22. The number of aromatic amines is 1. The number of imidazole rings is 1. The van der Waals surface area contributed by atoms with Crippen molar-refractivity contribution in [2.45, 2.75) is 26.7 Å². The van der Waals surface area contributed by atoms with Gasteiger partial charge in [-0.05, 0) is 32.0 Å². The molecule has 0 bridgehead atoms. The number of allylic oxidation sites excluding steroid dienone is 2. The summed E-state index contributed by atoms with van der Waals surface area (Å²) in [6.45, 7) is 3.29. The molecule has 134 valence electrons. The van der Waals surface area contributed by atoms with E-state index in [0.29, 0.717) is 22.8 Å². The number of amidine groups is 1. The summed E-state index contributed by atoms with van der Waals surface area (Å²) in [5.41, 5.74) is 13.8. The third-order valence-corrected chi connectivity index (χ3v) is 3.90. The average molecular weight is 371 g/mol. The van der Waals surface area contributed by atoms with Crippen molar-refractivity contribution in [3.8, 4) is 6.07 Å². The quantitative estimate of drug-likeness (QED) is 0.408. The number of hydrogen-bond donors (Lipinski definition) is 3. The maximum Gasteiger partial charge on any atom is 0.166 e. The Kier molecular flexibility index (Phi) is 6.15. The molecular weight excluding hydrogens is 352 g/mol. The molecule has 0 saturated carbocycles. The van der Waals surface area contributed by atoms with Gasteiger partial charge in [-0.1, -0.05) is 17.7 Å². The van der Waals surface area contributed by atoms with Crippen LogP contribution < -0.4 is 11.5 Å². The molecule has 2 aromatic rings. The van der Waals surface area contributed by atoms with Gasteiger partial charge in [-0.15, -0.1) is 0 Å². The van der Waals surface area contributed by atoms with E-state index in [2.05, 4.69) is 21.0 Å². The topological polar surface area (TPSA) is 134 Å². The molecule has 1 aromatic carbocycles. The Balaban J connectivity index is 2.12. The van der Waals surface area contributed by atoms with Gasteiger partial charge >= 0.3 is 0 Å². The van der Waals surface area contributed by atoms with Crippen LogP contribution in [0, 0.1) is 11.3 Å². The molecule has 0 aliphatic carbocycles. The highest BCUT2D eigenvalue weighted by Crippen LogP contribution is 2.15. The highest BCUT2D eigenvalue weighted by Gasteiger charge is 2.14. The van der Waals surface area contributed by atoms with Gasteiger partial charge in [-0.25, -0.2) is 9.98 Å². The van der Waals surface area contributed by atoms with Crippen LogP contribution in [0.2, 0.25) is 0 Å². The number of halogens is 1. The highest BCUT2D eigenvalue weighted by atomic mass is 35.5. The van der Waals surface area contributed by atoms with E-state index in [-0.39, 0.29) is 29.4 Å². The summed E-state index contributed by atoms with van der Waals surface area (Å²) in [6.07, 6.45) is 2.19. The first-order valence-electron chi connectivity index (χ1n) is 7.90. The molecule has 0 aliphatic heterocycles. The van der Waals surface area contributed by atoms with Gasteiger partial charge in [0.2, 0.25) is 0 Å². The zero-order valence-corrected chi connectivity index (χ0v) is 15.3. The van der Waals surface area contributed by atoms with Crippen molar-refractivity contribution in [3.05, 3.63) is 52.1 Å². The van der Waals surface area contributed by atoms with Crippen LogP contribution in [-0.4, -0.2) is 21.6 Å². The molecule has 0 fully saturated rings. The summed E-state index contributed by atoms with van der Waals surface area (Å²) >= 11 is 5.76. The molecule has 0 amide bonds. The van der Waals surface area contributed by atoms with Crippen LogP contribution >= 0.6 is 11.6 Å². The Bertz CT molecular complexity index is 973. The van der Waals surface area contributed by atoms with Crippen molar-refractivity contribution in [2.75, 3.05) is 0 Å². The molecule has 0 saturated heterocycles. The third kappa shape index (κ3) is 4.49. The lowest BCUT2D eigenvalue weighted by Gasteiger charge is -2.06. The Labute approximate surface area is 156 Å². The van der Waals surface area contributed by atoms with Gasteiger partial charge < -0.3 is 16.5 Å². The second-order valence-corrected chi connectivity index (χ2v) is 6.14. The largest absolute Gasteiger partial charge is 0.383 e. The summed E-state index contributed by atoms with van der Waals surface area (Å²) in [5, 5.41) is 9.24. The van der Waals surface area contributed by atoms with Crippen LogP contribution in [0.4, 0.5) is 0 Å². The van der Waals surface area contributed by atoms with E-state index in [4.69, 9.17) is 28.3 Å². The van der Waals surface area contributed by atoms with E-state index < -0.39 is 0 Å². The number of aryl methyl sites for hydroxylation is 1. The molecule has 0 spiro atoms. The Morgan fingerprint density at radius 2 is 2.19 bits per heavy atom. The van der Waals surface area contributed by atoms with E-state index in [1.165, 1.54) is 0 Å². The summed E-state index contributed by atoms with van der Waals surface area (Å²) in [4.78, 5) is 23.9. The molecule has 2 rings (SSSR count). The molecule has 7 nitrogen and oxygen atoms in total. The van der Waals surface area contributed by atoms with Gasteiger partial charge in [0.15, 0.2) is 5.78 Å². The molecule has 0 radical (unpaired) electrons. The maximum atomic E-state index is 12.5. The lowest BCUT2D eigenvalue weighted by atomic mass is 10.1. The number of nitrogens with zero attached hydrogens (tertiary/aromatic N) is 3. The first-order chi connectivity index (χ1) is 12.3. The minimum absolute atomic E-state index is 0.0262. The van der Waals surface area contributed by atoms with Gasteiger partial charge in [0.05, 0.1) is 33.3 Å². The van der Waals surface area contributed by atoms with Crippen molar-refractivity contribution in [1.82, 2.24) is 9.97 Å². The number of nitrogens with two attached hydrogens (primary N) is 2. The minimum atomic E-state index is -0.174. The highest BCUT2D eigenvalue weighted by molar-refractivity contribution is 6.29. The van der Waals surface area contributed by atoms with Crippen molar-refractivity contribution in [1.29, 1.82) is 5.26 Å². The van der Waals surface area contributed by atoms with Gasteiger partial charge in [0.1, 0.15) is 17.5 Å². The van der Waals surface area contributed by atoms with Crippen LogP contribution in [0.25, 0.3) is 11.0 Å². The number of aromatic nitrogens is 2. The standard InChI is InChI=1S/C18H19ClN6O/c1-3-12(18(22)25-17(21)10(2)19)15(26)6-7-16-23-13-5-4-11(9-20)8-14(13)24-16/h3-5,8H,6-7,21H2,1-2H3,(H2,22,25)(H,23,24)/b12-3?,17-10+. The van der Waals surface area contributed by atoms with E-state index in [9.17, 15) is 4.79 Å². The second kappa shape index (κ2) is 8.32. The first kappa shape index (κ1) is 19.2. The smallest absolute Gasteiger partial charge is 0.166 e. The van der Waals surface area contributed by atoms with Crippen molar-refractivity contribution < 1.29 is 4.79 Å². The monoisotopic (exact) mass is 370 g/mol. The molecule has 5 N–H and O–H groups in total. The maximum absolute atomic E-state index is 12.5. The first-order valence-corrected chi connectivity index (χ1v) is 8.28. The second-order valence-electron chi connectivity index (χ2n) is 5.57. The number of benzene rings is 1. The summed E-state index contributed by atoms with van der Waals surface area (Å²) in [5.74, 6) is 0.581. The van der Waals surface area contributed by atoms with E-state index in [0.717, 1.165) is 11.0 Å². The van der Waals surface area contributed by atoms with Crippen LogP contribution in [0.3, 0.4) is 0 Å². The molecular formula is C18H19ClN6O. The SMILES string of the molecule is CC=C(C(=O)CCc1nc2ccc(C#N)cc2[nH]1)/C(N)=N\C(N)=C(/C)Cl. The molecule has 0 unspecified atom stereocenters. The number of Topliss-reactive ketones (excluding diaryl/α,β-unsaturated/α-hetero) is 1. The minimum Gasteiger partial charge on any atom is -0.383 e. The van der Waals surface area contributed by atoms with Gasteiger partial charge in [0.25, 0.3) is 0 Å². The fraction of sp³-hybridized carbons (Fsp3) is 0.222. The molecule has 1 heterocycles. The number of carbonyl (C=O) groups is 1. The predicted molar refractivity (Wildman–Crippen MR) is 102 cm³/mol. The zero-order valence-electron chi connectivity index (χ0n) is 14.5. The number of rotatable bonds is 6. The lowest BCUT2D eigenvalue weighted by molar-refractivity contribution is -0.115. The van der Waals surface area contributed by atoms with E-state index >= 15 is 0 Å². The van der Waals surface area contributed by atoms with Gasteiger partial charge in [-0.3, -0.25) is 4.79 Å². The molecule has 0 aliphatic rings. The number of H-pyrrole nitrogens is 1. The summed E-state index contributed by atoms with van der Waals surface area (Å²) < 4.78 is 0. The summed E-state index contributed by atoms with van der Waals surface area (Å²) in [7, 11) is 0. The van der Waals surface area contributed by atoms with Crippen LogP contribution in [-0.2, 0) is 11.2 Å². The van der Waals surface area contributed by atoms with Crippen LogP contribution in [0.1, 0.15) is 31.7 Å². The van der Waals surface area contributed by atoms with Crippen LogP contribution in [0.15, 0.2) is 45.7 Å². The molecule has 26 heavy (non-hydrogen) atoms. The van der Waals surface area contributed by atoms with Crippen LogP contribution in [0.5, 0.6) is 0 Å². The number of nitriles is 1.